The molecule has 0 N–H and O–H groups in total. The van der Waals surface area contributed by atoms with Gasteiger partial charge in [-0.25, -0.2) is 4.98 Å². The van der Waals surface area contributed by atoms with E-state index in [1.54, 1.807) is 19.1 Å². The summed E-state index contributed by atoms with van der Waals surface area (Å²) < 4.78 is 12.7. The lowest BCUT2D eigenvalue weighted by molar-refractivity contribution is -0.384. The highest BCUT2D eigenvalue weighted by Crippen LogP contribution is 2.29. The number of nitrogens with zero attached hydrogens (tertiary/aromatic N) is 3. The molecule has 3 aromatic carbocycles. The van der Waals surface area contributed by atoms with Crippen LogP contribution in [0.25, 0.3) is 22.4 Å². The summed E-state index contributed by atoms with van der Waals surface area (Å²) >= 11 is 0. The lowest BCUT2D eigenvalue weighted by Gasteiger charge is -2.11. The van der Waals surface area contributed by atoms with Gasteiger partial charge in [-0.1, -0.05) is 30.3 Å². The molecule has 0 amide bonds. The second-order valence-electron chi connectivity index (χ2n) is 8.07. The van der Waals surface area contributed by atoms with E-state index >= 15 is 0 Å². The van der Waals surface area contributed by atoms with Gasteiger partial charge in [0.05, 0.1) is 29.2 Å². The molecule has 4 rings (SSSR count). The summed E-state index contributed by atoms with van der Waals surface area (Å²) in [5.74, 6) is 1.28. The minimum atomic E-state index is -0.391. The first-order chi connectivity index (χ1) is 17.0. The number of non-ortho nitro benzene ring substituents is 1. The molecule has 0 spiro atoms. The van der Waals surface area contributed by atoms with Crippen LogP contribution in [-0.2, 0) is 16.1 Å². The van der Waals surface area contributed by atoms with Gasteiger partial charge in [-0.05, 0) is 55.7 Å². The van der Waals surface area contributed by atoms with Gasteiger partial charge in [0.15, 0.2) is 0 Å². The predicted molar refractivity (Wildman–Crippen MR) is 133 cm³/mol. The van der Waals surface area contributed by atoms with Crippen molar-refractivity contribution in [1.82, 2.24) is 9.55 Å². The van der Waals surface area contributed by atoms with Gasteiger partial charge in [0.25, 0.3) is 5.69 Å². The largest absolute Gasteiger partial charge is 0.494 e. The third-order valence-electron chi connectivity index (χ3n) is 5.59. The molecule has 0 unspecified atom stereocenters. The number of nitro benzene ring substituents is 1. The Morgan fingerprint density at radius 1 is 1.03 bits per heavy atom. The van der Waals surface area contributed by atoms with Crippen molar-refractivity contribution in [3.05, 3.63) is 88.5 Å². The van der Waals surface area contributed by atoms with E-state index < -0.39 is 4.92 Å². The molecule has 0 atom stereocenters. The smallest absolute Gasteiger partial charge is 0.305 e. The zero-order valence-corrected chi connectivity index (χ0v) is 19.6. The molecule has 0 aliphatic carbocycles. The zero-order chi connectivity index (χ0) is 24.6. The Bertz CT molecular complexity index is 1300. The fourth-order valence-electron chi connectivity index (χ4n) is 3.87. The number of aromatic nitrogens is 2. The summed E-state index contributed by atoms with van der Waals surface area (Å²) in [6.07, 6.45) is 1.87. The molecule has 8 nitrogen and oxygen atoms in total. The van der Waals surface area contributed by atoms with E-state index in [1.807, 2.05) is 59.2 Å². The van der Waals surface area contributed by atoms with Crippen molar-refractivity contribution < 1.29 is 19.2 Å². The summed E-state index contributed by atoms with van der Waals surface area (Å²) in [5, 5.41) is 11.4. The SMILES string of the molecule is CCOC(=O)CCCCOc1ccc(-c2nc3ccc([N+](=O)[O-])cc3n2Cc2ccccc2)cc1. The van der Waals surface area contributed by atoms with Gasteiger partial charge in [0.1, 0.15) is 11.6 Å². The predicted octanol–water partition coefficient (Wildman–Crippen LogP) is 5.77. The number of hydrogen-bond donors (Lipinski definition) is 0. The minimum absolute atomic E-state index is 0.0324. The highest BCUT2D eigenvalue weighted by atomic mass is 16.6. The first kappa shape index (κ1) is 23.9. The monoisotopic (exact) mass is 473 g/mol. The van der Waals surface area contributed by atoms with E-state index in [0.717, 1.165) is 29.1 Å². The van der Waals surface area contributed by atoms with Crippen LogP contribution in [-0.4, -0.2) is 33.7 Å². The van der Waals surface area contributed by atoms with Crippen LogP contribution in [0.2, 0.25) is 0 Å². The first-order valence-electron chi connectivity index (χ1n) is 11.6. The summed E-state index contributed by atoms with van der Waals surface area (Å²) in [6, 6.07) is 22.3. The Morgan fingerprint density at radius 3 is 2.51 bits per heavy atom. The van der Waals surface area contributed by atoms with Gasteiger partial charge in [0.2, 0.25) is 0 Å². The lowest BCUT2D eigenvalue weighted by Crippen LogP contribution is -2.05. The van der Waals surface area contributed by atoms with Crippen molar-refractivity contribution in [2.75, 3.05) is 13.2 Å². The molecule has 180 valence electrons. The standard InChI is InChI=1S/C27H27N3O5/c1-2-34-26(31)10-6-7-17-35-23-14-11-21(12-15-23)27-28-24-16-13-22(30(32)33)18-25(24)29(27)19-20-8-4-3-5-9-20/h3-5,8-9,11-16,18H,2,6-7,10,17,19H2,1H3. The number of hydrogen-bond acceptors (Lipinski definition) is 6. The van der Waals surface area contributed by atoms with E-state index in [-0.39, 0.29) is 11.7 Å². The van der Waals surface area contributed by atoms with Gasteiger partial charge in [0, 0.05) is 30.7 Å². The van der Waals surface area contributed by atoms with E-state index in [9.17, 15) is 14.9 Å². The van der Waals surface area contributed by atoms with Crippen LogP contribution in [0.3, 0.4) is 0 Å². The quantitative estimate of drug-likeness (QED) is 0.119. The molecule has 1 aromatic heterocycles. The third kappa shape index (κ3) is 6.03. The maximum absolute atomic E-state index is 11.4. The summed E-state index contributed by atoms with van der Waals surface area (Å²) in [6.45, 7) is 3.24. The Kier molecular flexibility index (Phi) is 7.72. The van der Waals surface area contributed by atoms with E-state index in [0.29, 0.717) is 43.6 Å². The summed E-state index contributed by atoms with van der Waals surface area (Å²) in [5.41, 5.74) is 3.39. The molecule has 0 aliphatic rings. The number of fused-ring (bicyclic) bond motifs is 1. The van der Waals surface area contributed by atoms with Crippen molar-refractivity contribution >= 4 is 22.7 Å². The highest BCUT2D eigenvalue weighted by Gasteiger charge is 2.16. The summed E-state index contributed by atoms with van der Waals surface area (Å²) in [4.78, 5) is 27.2. The van der Waals surface area contributed by atoms with Crippen molar-refractivity contribution in [2.24, 2.45) is 0 Å². The van der Waals surface area contributed by atoms with Gasteiger partial charge >= 0.3 is 5.97 Å². The molecule has 0 bridgehead atoms. The number of carbonyl (C=O) groups is 1. The number of esters is 1. The van der Waals surface area contributed by atoms with Crippen LogP contribution in [0, 0.1) is 10.1 Å². The van der Waals surface area contributed by atoms with Crippen LogP contribution < -0.4 is 4.74 Å². The normalized spacial score (nSPS) is 10.9. The average molecular weight is 474 g/mol. The Morgan fingerprint density at radius 2 is 1.80 bits per heavy atom. The number of nitro groups is 1. The zero-order valence-electron chi connectivity index (χ0n) is 19.6. The number of rotatable bonds is 11. The van der Waals surface area contributed by atoms with Crippen LogP contribution >= 0.6 is 0 Å². The fourth-order valence-corrected chi connectivity index (χ4v) is 3.87. The van der Waals surface area contributed by atoms with Gasteiger partial charge < -0.3 is 14.0 Å². The van der Waals surface area contributed by atoms with Gasteiger partial charge in [-0.3, -0.25) is 14.9 Å². The Hall–Kier alpha value is -4.20. The third-order valence-corrected chi connectivity index (χ3v) is 5.59. The second kappa shape index (κ2) is 11.3. The minimum Gasteiger partial charge on any atom is -0.494 e. The molecular weight excluding hydrogens is 446 g/mol. The number of unbranched alkanes of at least 4 members (excludes halogenated alkanes) is 1. The fraction of sp³-hybridized carbons (Fsp3) is 0.259. The maximum Gasteiger partial charge on any atom is 0.305 e. The summed E-state index contributed by atoms with van der Waals surface area (Å²) in [7, 11) is 0. The molecule has 0 radical (unpaired) electrons. The maximum atomic E-state index is 11.4. The first-order valence-corrected chi connectivity index (χ1v) is 11.6. The lowest BCUT2D eigenvalue weighted by atomic mass is 10.2. The van der Waals surface area contributed by atoms with Crippen LogP contribution in [0.1, 0.15) is 31.7 Å². The van der Waals surface area contributed by atoms with Crippen LogP contribution in [0.4, 0.5) is 5.69 Å². The second-order valence-corrected chi connectivity index (χ2v) is 8.07. The van der Waals surface area contributed by atoms with Gasteiger partial charge in [-0.2, -0.15) is 0 Å². The molecular formula is C27H27N3O5. The molecule has 4 aromatic rings. The van der Waals surface area contributed by atoms with E-state index in [2.05, 4.69) is 0 Å². The highest BCUT2D eigenvalue weighted by molar-refractivity contribution is 5.83. The number of ether oxygens (including phenoxy) is 2. The molecule has 0 saturated heterocycles. The Balaban J connectivity index is 1.53. The van der Waals surface area contributed by atoms with E-state index in [4.69, 9.17) is 14.5 Å². The molecule has 0 saturated carbocycles. The average Bonchev–Trinajstić information content (AvgIpc) is 3.22. The molecule has 0 aliphatic heterocycles. The topological polar surface area (TPSA) is 96.5 Å². The van der Waals surface area contributed by atoms with Crippen LogP contribution in [0.15, 0.2) is 72.8 Å². The van der Waals surface area contributed by atoms with Crippen molar-refractivity contribution in [3.8, 4) is 17.1 Å². The van der Waals surface area contributed by atoms with Crippen LogP contribution in [0.5, 0.6) is 5.75 Å². The molecule has 0 fully saturated rings. The molecule has 35 heavy (non-hydrogen) atoms. The van der Waals surface area contributed by atoms with Crippen molar-refractivity contribution in [1.29, 1.82) is 0 Å². The van der Waals surface area contributed by atoms with Crippen molar-refractivity contribution in [3.63, 3.8) is 0 Å². The van der Waals surface area contributed by atoms with Crippen molar-refractivity contribution in [2.45, 2.75) is 32.7 Å². The number of imidazole rings is 1. The number of benzene rings is 3. The van der Waals surface area contributed by atoms with Gasteiger partial charge in [-0.15, -0.1) is 0 Å². The Labute approximate surface area is 203 Å². The van der Waals surface area contributed by atoms with E-state index in [1.165, 1.54) is 6.07 Å². The molecule has 1 heterocycles. The number of carbonyl (C=O) groups excluding carboxylic acids is 1. The molecule has 8 heteroatoms.